The Kier molecular flexibility index (Phi) is 20.4. The van der Waals surface area contributed by atoms with Crippen molar-refractivity contribution in [2.24, 2.45) is 5.73 Å². The molecule has 4 nitrogen and oxygen atoms in total. The van der Waals surface area contributed by atoms with Crippen molar-refractivity contribution < 1.29 is 14.9 Å². The van der Waals surface area contributed by atoms with Crippen LogP contribution in [0, 0.1) is 0 Å². The van der Waals surface area contributed by atoms with Gasteiger partial charge in [0.05, 0.1) is 0 Å². The third-order valence-corrected chi connectivity index (χ3v) is 4.32. The Hall–Kier alpha value is 0.130. The fourth-order valence-corrected chi connectivity index (χ4v) is 2.79. The first kappa shape index (κ1) is 25.4. The molecule has 23 heavy (non-hydrogen) atoms. The predicted octanol–water partition coefficient (Wildman–Crippen LogP) is 3.81. The van der Waals surface area contributed by atoms with E-state index in [0.717, 1.165) is 32.5 Å². The van der Waals surface area contributed by atoms with Gasteiger partial charge in [0.25, 0.3) is 0 Å². The number of ether oxygens (including phenoxy) is 1. The third kappa shape index (κ3) is 16.8. The van der Waals surface area contributed by atoms with Crippen LogP contribution in [-0.4, -0.2) is 42.2 Å². The molecule has 0 saturated heterocycles. The molecule has 142 valence electrons. The van der Waals surface area contributed by atoms with Gasteiger partial charge in [0, 0.05) is 32.0 Å². The van der Waals surface area contributed by atoms with Gasteiger partial charge in [0.2, 0.25) is 0 Å². The number of hydrogen-bond acceptors (Lipinski definition) is 4. The Morgan fingerprint density at radius 2 is 1.22 bits per heavy atom. The third-order valence-electron chi connectivity index (χ3n) is 4.32. The molecule has 0 fully saturated rings. The van der Waals surface area contributed by atoms with Gasteiger partial charge in [0.15, 0.2) is 0 Å². The Bertz CT molecular complexity index is 224. The minimum absolute atomic E-state index is 0. The van der Waals surface area contributed by atoms with Gasteiger partial charge in [-0.25, -0.2) is 0 Å². The largest absolute Gasteiger partial charge is 0.396 e. The summed E-state index contributed by atoms with van der Waals surface area (Å²) in [5, 5.41) is 18.1. The first-order valence-electron chi connectivity index (χ1n) is 9.27. The highest BCUT2D eigenvalue weighted by atomic mass is 35.5. The second-order valence-electron chi connectivity index (χ2n) is 6.50. The van der Waals surface area contributed by atoms with E-state index in [-0.39, 0.29) is 25.6 Å². The number of aliphatic hydroxyl groups is 2. The number of nitrogens with two attached hydrogens (primary N) is 1. The van der Waals surface area contributed by atoms with Crippen molar-refractivity contribution in [1.82, 2.24) is 0 Å². The van der Waals surface area contributed by atoms with Crippen LogP contribution in [0.2, 0.25) is 0 Å². The highest BCUT2D eigenvalue weighted by Gasteiger charge is 2.22. The second-order valence-corrected chi connectivity index (χ2v) is 6.50. The van der Waals surface area contributed by atoms with Crippen molar-refractivity contribution in [3.8, 4) is 0 Å². The zero-order chi connectivity index (χ0) is 16.5. The van der Waals surface area contributed by atoms with E-state index in [9.17, 15) is 0 Å². The second kappa shape index (κ2) is 18.5. The van der Waals surface area contributed by atoms with E-state index in [4.69, 9.17) is 20.7 Å². The van der Waals surface area contributed by atoms with E-state index in [1.54, 1.807) is 0 Å². The maximum absolute atomic E-state index is 9.03. The summed E-state index contributed by atoms with van der Waals surface area (Å²) in [6.07, 6.45) is 13.3. The van der Waals surface area contributed by atoms with Crippen LogP contribution < -0.4 is 5.73 Å². The minimum Gasteiger partial charge on any atom is -0.396 e. The highest BCUT2D eigenvalue weighted by molar-refractivity contribution is 5.85. The van der Waals surface area contributed by atoms with Crippen LogP contribution in [0.5, 0.6) is 0 Å². The number of aliphatic hydroxyl groups excluding tert-OH is 2. The standard InChI is InChI=1S/C18H39NO3.ClH/c1-2-3-4-5-6-7-8-9-16-22-17-10-11-18(19,12-14-20)13-15-21;/h20-21H,2-17,19H2,1H3;1H. The van der Waals surface area contributed by atoms with Crippen LogP contribution in [0.3, 0.4) is 0 Å². The van der Waals surface area contributed by atoms with Gasteiger partial charge in [-0.05, 0) is 32.1 Å². The first-order chi connectivity index (χ1) is 10.7. The van der Waals surface area contributed by atoms with Gasteiger partial charge in [-0.3, -0.25) is 0 Å². The molecule has 0 amide bonds. The van der Waals surface area contributed by atoms with Crippen LogP contribution in [0.1, 0.15) is 84.0 Å². The number of hydrogen-bond donors (Lipinski definition) is 3. The molecular formula is C18H40ClNO3. The van der Waals surface area contributed by atoms with Gasteiger partial charge in [-0.2, -0.15) is 0 Å². The van der Waals surface area contributed by atoms with Gasteiger partial charge < -0.3 is 20.7 Å². The van der Waals surface area contributed by atoms with E-state index in [0.29, 0.717) is 12.8 Å². The van der Waals surface area contributed by atoms with Gasteiger partial charge in [-0.15, -0.1) is 12.4 Å². The molecule has 0 bridgehead atoms. The van der Waals surface area contributed by atoms with E-state index in [1.165, 1.54) is 44.9 Å². The molecule has 0 spiro atoms. The summed E-state index contributed by atoms with van der Waals surface area (Å²) in [6.45, 7) is 3.98. The lowest BCUT2D eigenvalue weighted by molar-refractivity contribution is 0.113. The maximum atomic E-state index is 9.03. The number of rotatable bonds is 17. The fourth-order valence-electron chi connectivity index (χ4n) is 2.79. The van der Waals surface area contributed by atoms with Crippen molar-refractivity contribution >= 4 is 12.4 Å². The molecule has 0 heterocycles. The van der Waals surface area contributed by atoms with Gasteiger partial charge >= 0.3 is 0 Å². The van der Waals surface area contributed by atoms with Crippen molar-refractivity contribution in [3.63, 3.8) is 0 Å². The molecule has 0 unspecified atom stereocenters. The average molecular weight is 354 g/mol. The highest BCUT2D eigenvalue weighted by Crippen LogP contribution is 2.18. The van der Waals surface area contributed by atoms with Crippen LogP contribution in [0.25, 0.3) is 0 Å². The molecule has 0 aromatic rings. The lowest BCUT2D eigenvalue weighted by Crippen LogP contribution is -2.41. The summed E-state index contributed by atoms with van der Waals surface area (Å²) in [4.78, 5) is 0. The Morgan fingerprint density at radius 1 is 0.739 bits per heavy atom. The molecule has 0 aliphatic heterocycles. The molecule has 0 aliphatic rings. The molecule has 0 rings (SSSR count). The fraction of sp³-hybridized carbons (Fsp3) is 1.00. The molecule has 0 aromatic heterocycles. The van der Waals surface area contributed by atoms with Gasteiger partial charge in [0.1, 0.15) is 0 Å². The maximum Gasteiger partial charge on any atom is 0.0466 e. The lowest BCUT2D eigenvalue weighted by atomic mass is 9.88. The summed E-state index contributed by atoms with van der Waals surface area (Å²) in [7, 11) is 0. The molecule has 0 saturated carbocycles. The predicted molar refractivity (Wildman–Crippen MR) is 100 cm³/mol. The summed E-state index contributed by atoms with van der Waals surface area (Å²) in [5.74, 6) is 0. The van der Waals surface area contributed by atoms with Crippen LogP contribution in [0.4, 0.5) is 0 Å². The van der Waals surface area contributed by atoms with Crippen molar-refractivity contribution in [2.75, 3.05) is 26.4 Å². The zero-order valence-electron chi connectivity index (χ0n) is 15.1. The van der Waals surface area contributed by atoms with Crippen molar-refractivity contribution in [3.05, 3.63) is 0 Å². The normalized spacial score (nSPS) is 11.5. The Morgan fingerprint density at radius 3 is 1.74 bits per heavy atom. The number of halogens is 1. The quantitative estimate of drug-likeness (QED) is 0.347. The minimum atomic E-state index is -0.439. The molecular weight excluding hydrogens is 314 g/mol. The van der Waals surface area contributed by atoms with E-state index in [1.807, 2.05) is 0 Å². The summed E-state index contributed by atoms with van der Waals surface area (Å²) in [6, 6.07) is 0. The smallest absolute Gasteiger partial charge is 0.0466 e. The molecule has 4 N–H and O–H groups in total. The van der Waals surface area contributed by atoms with E-state index >= 15 is 0 Å². The van der Waals surface area contributed by atoms with E-state index < -0.39 is 5.54 Å². The summed E-state index contributed by atoms with van der Waals surface area (Å²) >= 11 is 0. The Labute approximate surface area is 149 Å². The molecule has 0 aromatic carbocycles. The first-order valence-corrected chi connectivity index (χ1v) is 9.27. The monoisotopic (exact) mass is 353 g/mol. The van der Waals surface area contributed by atoms with Crippen molar-refractivity contribution in [2.45, 2.75) is 89.5 Å². The lowest BCUT2D eigenvalue weighted by Gasteiger charge is -2.28. The SMILES string of the molecule is CCCCCCCCCCOCCCC(N)(CCO)CCO.Cl. The van der Waals surface area contributed by atoms with Crippen LogP contribution >= 0.6 is 12.4 Å². The molecule has 5 heteroatoms. The van der Waals surface area contributed by atoms with Crippen molar-refractivity contribution in [1.29, 1.82) is 0 Å². The Balaban J connectivity index is 0. The molecule has 0 atom stereocenters. The van der Waals surface area contributed by atoms with Crippen LogP contribution in [-0.2, 0) is 4.74 Å². The zero-order valence-corrected chi connectivity index (χ0v) is 15.9. The van der Waals surface area contributed by atoms with Crippen LogP contribution in [0.15, 0.2) is 0 Å². The van der Waals surface area contributed by atoms with E-state index in [2.05, 4.69) is 6.92 Å². The average Bonchev–Trinajstić information content (AvgIpc) is 2.49. The topological polar surface area (TPSA) is 75.7 Å². The van der Waals surface area contributed by atoms with Gasteiger partial charge in [-0.1, -0.05) is 51.9 Å². The molecule has 0 radical (unpaired) electrons. The molecule has 0 aliphatic carbocycles. The summed E-state index contributed by atoms with van der Waals surface area (Å²) < 4.78 is 5.65. The summed E-state index contributed by atoms with van der Waals surface area (Å²) in [5.41, 5.74) is 5.73. The number of unbranched alkanes of at least 4 members (excludes halogenated alkanes) is 7.